The van der Waals surface area contributed by atoms with Crippen LogP contribution in [0.15, 0.2) is 113 Å². The van der Waals surface area contributed by atoms with E-state index in [1.807, 2.05) is 6.92 Å². The lowest BCUT2D eigenvalue weighted by Gasteiger charge is -2.26. The van der Waals surface area contributed by atoms with Crippen molar-refractivity contribution in [1.82, 2.24) is 9.55 Å². The van der Waals surface area contributed by atoms with Gasteiger partial charge in [0.1, 0.15) is 12.7 Å². The van der Waals surface area contributed by atoms with Crippen LogP contribution in [0.4, 0.5) is 0 Å². The smallest absolute Gasteiger partial charge is 0.338 e. The molecule has 4 aromatic rings. The van der Waals surface area contributed by atoms with Gasteiger partial charge in [0.15, 0.2) is 23.6 Å². The SMILES string of the molecule is CCCSc1nc(=O)ccn1[C@@H]1O[C@H](COC(=O)c2ccccc2)[C@@H](OC(=O)c2ccccc2)[C@H]1OC(=O)c1ccccc1. The molecule has 0 saturated carbocycles. The largest absolute Gasteiger partial charge is 0.459 e. The molecule has 1 saturated heterocycles. The van der Waals surface area contributed by atoms with Gasteiger partial charge in [-0.1, -0.05) is 73.3 Å². The van der Waals surface area contributed by atoms with Crippen LogP contribution in [0.2, 0.25) is 0 Å². The molecule has 4 atom stereocenters. The molecule has 0 N–H and O–H groups in total. The van der Waals surface area contributed by atoms with Crippen molar-refractivity contribution < 1.29 is 33.3 Å². The lowest BCUT2D eigenvalue weighted by atomic mass is 10.1. The molecule has 11 heteroatoms. The van der Waals surface area contributed by atoms with Crippen molar-refractivity contribution in [2.45, 2.75) is 43.0 Å². The van der Waals surface area contributed by atoms with Crippen LogP contribution in [0.25, 0.3) is 0 Å². The topological polar surface area (TPSA) is 123 Å². The number of ether oxygens (including phenoxy) is 4. The van der Waals surface area contributed by atoms with E-state index in [4.69, 9.17) is 18.9 Å². The second kappa shape index (κ2) is 14.6. The summed E-state index contributed by atoms with van der Waals surface area (Å²) >= 11 is 1.33. The van der Waals surface area contributed by atoms with Crippen LogP contribution in [0, 0.1) is 0 Å². The molecule has 0 spiro atoms. The highest BCUT2D eigenvalue weighted by Crippen LogP contribution is 2.37. The first-order chi connectivity index (χ1) is 21.4. The van der Waals surface area contributed by atoms with E-state index >= 15 is 0 Å². The predicted molar refractivity (Wildman–Crippen MR) is 161 cm³/mol. The average molecular weight is 615 g/mol. The molecule has 2 heterocycles. The highest BCUT2D eigenvalue weighted by Gasteiger charge is 2.51. The minimum atomic E-state index is -1.21. The second-order valence-corrected chi connectivity index (χ2v) is 10.9. The van der Waals surface area contributed by atoms with Gasteiger partial charge in [-0.05, 0) is 42.8 Å². The molecular weight excluding hydrogens is 584 g/mol. The molecular formula is C33H30N2O8S. The van der Waals surface area contributed by atoms with Crippen molar-refractivity contribution in [1.29, 1.82) is 0 Å². The molecule has 1 aromatic heterocycles. The van der Waals surface area contributed by atoms with Gasteiger partial charge in [-0.3, -0.25) is 9.36 Å². The number of hydrogen-bond acceptors (Lipinski definition) is 10. The molecule has 1 fully saturated rings. The maximum absolute atomic E-state index is 13.4. The minimum Gasteiger partial charge on any atom is -0.459 e. The van der Waals surface area contributed by atoms with Crippen LogP contribution < -0.4 is 5.56 Å². The van der Waals surface area contributed by atoms with E-state index in [2.05, 4.69) is 4.98 Å². The van der Waals surface area contributed by atoms with Gasteiger partial charge in [0.05, 0.1) is 16.7 Å². The molecule has 226 valence electrons. The molecule has 1 aliphatic heterocycles. The minimum absolute atomic E-state index is 0.272. The molecule has 5 rings (SSSR count). The Bertz CT molecular complexity index is 1630. The average Bonchev–Trinajstić information content (AvgIpc) is 3.39. The van der Waals surface area contributed by atoms with Crippen LogP contribution in [-0.2, 0) is 18.9 Å². The summed E-state index contributed by atoms with van der Waals surface area (Å²) in [6.45, 7) is 1.67. The summed E-state index contributed by atoms with van der Waals surface area (Å²) in [6.07, 6.45) is -2.23. The fourth-order valence-electron chi connectivity index (χ4n) is 4.57. The Morgan fingerprint density at radius 2 is 1.30 bits per heavy atom. The number of hydrogen-bond donors (Lipinski definition) is 0. The van der Waals surface area contributed by atoms with Gasteiger partial charge in [0.2, 0.25) is 0 Å². The van der Waals surface area contributed by atoms with Crippen LogP contribution in [0.3, 0.4) is 0 Å². The van der Waals surface area contributed by atoms with Crippen molar-refractivity contribution in [2.75, 3.05) is 12.4 Å². The van der Waals surface area contributed by atoms with E-state index in [0.717, 1.165) is 6.42 Å². The van der Waals surface area contributed by atoms with Gasteiger partial charge in [-0.2, -0.15) is 4.98 Å². The van der Waals surface area contributed by atoms with Crippen molar-refractivity contribution in [3.63, 3.8) is 0 Å². The van der Waals surface area contributed by atoms with E-state index < -0.39 is 48.0 Å². The molecule has 3 aromatic carbocycles. The Labute approximate surface area is 257 Å². The predicted octanol–water partition coefficient (Wildman–Crippen LogP) is 4.95. The third kappa shape index (κ3) is 7.42. The lowest BCUT2D eigenvalue weighted by Crippen LogP contribution is -2.41. The molecule has 0 unspecified atom stereocenters. The van der Waals surface area contributed by atoms with Crippen LogP contribution in [0.1, 0.15) is 50.6 Å². The first-order valence-electron chi connectivity index (χ1n) is 14.1. The van der Waals surface area contributed by atoms with E-state index in [-0.39, 0.29) is 17.7 Å². The first-order valence-corrected chi connectivity index (χ1v) is 15.0. The number of aromatic nitrogens is 2. The summed E-state index contributed by atoms with van der Waals surface area (Å²) < 4.78 is 25.5. The molecule has 44 heavy (non-hydrogen) atoms. The Morgan fingerprint density at radius 3 is 1.84 bits per heavy atom. The third-order valence-electron chi connectivity index (χ3n) is 6.69. The van der Waals surface area contributed by atoms with Gasteiger partial charge >= 0.3 is 17.9 Å². The summed E-state index contributed by atoms with van der Waals surface area (Å²) in [5, 5.41) is 0.333. The van der Waals surface area contributed by atoms with E-state index in [9.17, 15) is 19.2 Å². The fraction of sp³-hybridized carbons (Fsp3) is 0.242. The fourth-order valence-corrected chi connectivity index (χ4v) is 5.43. The highest BCUT2D eigenvalue weighted by molar-refractivity contribution is 7.99. The molecule has 0 aliphatic carbocycles. The third-order valence-corrected chi connectivity index (χ3v) is 7.87. The molecule has 10 nitrogen and oxygen atoms in total. The number of carbonyl (C=O) groups excluding carboxylic acids is 3. The zero-order valence-corrected chi connectivity index (χ0v) is 24.6. The number of esters is 3. The number of nitrogens with zero attached hydrogens (tertiary/aromatic N) is 2. The number of benzene rings is 3. The Balaban J connectivity index is 1.52. The van der Waals surface area contributed by atoms with Gasteiger partial charge in [-0.15, -0.1) is 0 Å². The highest BCUT2D eigenvalue weighted by atomic mass is 32.2. The summed E-state index contributed by atoms with van der Waals surface area (Å²) in [5.41, 5.74) is 0.427. The first kappa shape index (κ1) is 30.7. The molecule has 0 radical (unpaired) electrons. The number of carbonyl (C=O) groups is 3. The normalized spacial score (nSPS) is 19.2. The van der Waals surface area contributed by atoms with Gasteiger partial charge in [-0.25, -0.2) is 14.4 Å². The Morgan fingerprint density at radius 1 is 0.773 bits per heavy atom. The Kier molecular flexibility index (Phi) is 10.2. The van der Waals surface area contributed by atoms with E-state index in [1.54, 1.807) is 95.6 Å². The van der Waals surface area contributed by atoms with Crippen LogP contribution >= 0.6 is 11.8 Å². The number of thioether (sulfide) groups is 1. The monoisotopic (exact) mass is 614 g/mol. The van der Waals surface area contributed by atoms with E-state index in [0.29, 0.717) is 16.5 Å². The van der Waals surface area contributed by atoms with Crippen LogP contribution in [-0.4, -0.2) is 58.1 Å². The van der Waals surface area contributed by atoms with Crippen molar-refractivity contribution in [3.8, 4) is 0 Å². The van der Waals surface area contributed by atoms with Crippen molar-refractivity contribution in [3.05, 3.63) is 130 Å². The summed E-state index contributed by atoms with van der Waals surface area (Å²) in [5.74, 6) is -1.31. The maximum atomic E-state index is 13.4. The summed E-state index contributed by atoms with van der Waals surface area (Å²) in [4.78, 5) is 55.9. The van der Waals surface area contributed by atoms with Gasteiger partial charge in [0, 0.05) is 18.0 Å². The van der Waals surface area contributed by atoms with Crippen molar-refractivity contribution in [2.24, 2.45) is 0 Å². The quantitative estimate of drug-likeness (QED) is 0.0992. The number of rotatable bonds is 11. The molecule has 0 bridgehead atoms. The van der Waals surface area contributed by atoms with Gasteiger partial charge in [0.25, 0.3) is 5.56 Å². The van der Waals surface area contributed by atoms with Crippen molar-refractivity contribution >= 4 is 29.7 Å². The van der Waals surface area contributed by atoms with E-state index in [1.165, 1.54) is 24.0 Å². The Hall–Kier alpha value is -4.74. The molecule has 1 aliphatic rings. The summed E-state index contributed by atoms with van der Waals surface area (Å²) in [6, 6.07) is 26.4. The lowest BCUT2D eigenvalue weighted by molar-refractivity contribution is -0.0663. The van der Waals surface area contributed by atoms with Crippen LogP contribution in [0.5, 0.6) is 0 Å². The maximum Gasteiger partial charge on any atom is 0.338 e. The standard InChI is InChI=1S/C33H30N2O8S/c1-2-20-44-33-34-26(36)18-19-35(33)29-28(43-32(39)24-16-10-5-11-17-24)27(42-31(38)23-14-8-4-9-15-23)25(41-29)21-40-30(37)22-12-6-3-7-13-22/h3-19,25,27-29H,2,20-21H2,1H3/t25-,27-,28-,29-/m1/s1. The zero-order chi connectivity index (χ0) is 30.9. The summed E-state index contributed by atoms with van der Waals surface area (Å²) in [7, 11) is 0. The zero-order valence-electron chi connectivity index (χ0n) is 23.8. The second-order valence-electron chi connectivity index (χ2n) is 9.81. The van der Waals surface area contributed by atoms with Gasteiger partial charge < -0.3 is 18.9 Å². The molecule has 0 amide bonds.